The van der Waals surface area contributed by atoms with E-state index in [2.05, 4.69) is 194 Å². The van der Waals surface area contributed by atoms with Crippen LogP contribution in [0.25, 0.3) is 34.2 Å². The second-order valence-electron chi connectivity index (χ2n) is 15.8. The standard InChI is InChI=1S/C49H41N5Si2/c1-55(2)43-22-12-8-18-39(43)53(40-19-9-13-23-44(40)55)37-30-26-35(27-31-37)48-50-47(34-16-6-5-7-17-34)51-49(52-48)36-28-32-38(33-29-36)54-41-20-10-14-24-45(41)56(3,4)46-25-15-11-21-42(46)54/h5-33H,1-4H3. The van der Waals surface area contributed by atoms with Crippen LogP contribution in [-0.2, 0) is 0 Å². The second kappa shape index (κ2) is 13.1. The van der Waals surface area contributed by atoms with E-state index in [9.17, 15) is 0 Å². The maximum Gasteiger partial charge on any atom is 0.164 e. The van der Waals surface area contributed by atoms with Gasteiger partial charge in [-0.3, -0.25) is 0 Å². The summed E-state index contributed by atoms with van der Waals surface area (Å²) in [7, 11) is -3.74. The smallest absolute Gasteiger partial charge is 0.164 e. The van der Waals surface area contributed by atoms with Gasteiger partial charge >= 0.3 is 0 Å². The third-order valence-electron chi connectivity index (χ3n) is 11.7. The predicted molar refractivity (Wildman–Crippen MR) is 239 cm³/mol. The zero-order valence-corrected chi connectivity index (χ0v) is 34.0. The normalized spacial score (nSPS) is 14.6. The highest BCUT2D eigenvalue weighted by atomic mass is 28.3. The molecule has 0 bridgehead atoms. The molecule has 56 heavy (non-hydrogen) atoms. The average Bonchev–Trinajstić information content (AvgIpc) is 3.25. The molecule has 0 atom stereocenters. The first kappa shape index (κ1) is 34.1. The van der Waals surface area contributed by atoms with Gasteiger partial charge in [-0.2, -0.15) is 0 Å². The third kappa shape index (κ3) is 5.45. The summed E-state index contributed by atoms with van der Waals surface area (Å²) in [5.74, 6) is 1.93. The molecule has 2 aliphatic rings. The van der Waals surface area contributed by atoms with Gasteiger partial charge in [0.15, 0.2) is 17.5 Å². The van der Waals surface area contributed by atoms with Crippen LogP contribution in [0, 0.1) is 0 Å². The molecule has 7 heteroatoms. The molecule has 0 saturated carbocycles. The molecule has 8 aromatic rings. The molecule has 0 radical (unpaired) electrons. The Balaban J connectivity index is 1.04. The molecule has 0 amide bonds. The van der Waals surface area contributed by atoms with E-state index in [-0.39, 0.29) is 0 Å². The van der Waals surface area contributed by atoms with E-state index in [1.807, 2.05) is 18.2 Å². The molecule has 0 unspecified atom stereocenters. The minimum absolute atomic E-state index is 0.642. The van der Waals surface area contributed by atoms with Gasteiger partial charge in [0.1, 0.15) is 16.1 Å². The monoisotopic (exact) mass is 755 g/mol. The fourth-order valence-electron chi connectivity index (χ4n) is 8.76. The summed E-state index contributed by atoms with van der Waals surface area (Å²) >= 11 is 0. The van der Waals surface area contributed by atoms with Crippen molar-refractivity contribution in [2.75, 3.05) is 9.80 Å². The maximum atomic E-state index is 5.13. The molecule has 0 aliphatic carbocycles. The van der Waals surface area contributed by atoms with Crippen LogP contribution in [-0.4, -0.2) is 31.1 Å². The van der Waals surface area contributed by atoms with Crippen LogP contribution in [0.4, 0.5) is 34.1 Å². The van der Waals surface area contributed by atoms with Crippen LogP contribution in [0.1, 0.15) is 0 Å². The molecule has 5 nitrogen and oxygen atoms in total. The number of fused-ring (bicyclic) bond motifs is 4. The van der Waals surface area contributed by atoms with E-state index in [4.69, 9.17) is 15.0 Å². The van der Waals surface area contributed by atoms with E-state index >= 15 is 0 Å². The predicted octanol–water partition coefficient (Wildman–Crippen LogP) is 10.1. The van der Waals surface area contributed by atoms with Gasteiger partial charge in [-0.25, -0.2) is 15.0 Å². The largest absolute Gasteiger partial charge is 0.311 e. The van der Waals surface area contributed by atoms with Gasteiger partial charge in [0, 0.05) is 50.8 Å². The van der Waals surface area contributed by atoms with Gasteiger partial charge in [0.2, 0.25) is 0 Å². The Hall–Kier alpha value is -6.42. The van der Waals surface area contributed by atoms with Crippen molar-refractivity contribution in [2.45, 2.75) is 26.2 Å². The summed E-state index contributed by atoms with van der Waals surface area (Å²) in [5.41, 5.74) is 10.1. The molecule has 2 aliphatic heterocycles. The number of benzene rings is 7. The molecule has 0 N–H and O–H groups in total. The van der Waals surface area contributed by atoms with Crippen LogP contribution >= 0.6 is 0 Å². The van der Waals surface area contributed by atoms with Crippen molar-refractivity contribution in [2.24, 2.45) is 0 Å². The van der Waals surface area contributed by atoms with Crippen LogP contribution in [0.15, 0.2) is 176 Å². The minimum Gasteiger partial charge on any atom is -0.311 e. The molecule has 0 fully saturated rings. The Morgan fingerprint density at radius 3 is 0.893 bits per heavy atom. The van der Waals surface area contributed by atoms with Crippen LogP contribution in [0.3, 0.4) is 0 Å². The summed E-state index contributed by atoms with van der Waals surface area (Å²) in [6.45, 7) is 9.81. The number of aromatic nitrogens is 3. The van der Waals surface area contributed by atoms with Crippen LogP contribution in [0.5, 0.6) is 0 Å². The van der Waals surface area contributed by atoms with Crippen LogP contribution in [0.2, 0.25) is 26.2 Å². The topological polar surface area (TPSA) is 45.2 Å². The highest BCUT2D eigenvalue weighted by Crippen LogP contribution is 2.40. The summed E-state index contributed by atoms with van der Waals surface area (Å²) in [6.07, 6.45) is 0. The number of hydrogen-bond donors (Lipinski definition) is 0. The summed E-state index contributed by atoms with van der Waals surface area (Å²) < 4.78 is 0. The van der Waals surface area contributed by atoms with Gasteiger partial charge < -0.3 is 9.80 Å². The third-order valence-corrected chi connectivity index (χ3v) is 18.8. The average molecular weight is 756 g/mol. The van der Waals surface area contributed by atoms with Gasteiger partial charge in [-0.05, 0) is 93.5 Å². The molecule has 10 rings (SSSR count). The van der Waals surface area contributed by atoms with Gasteiger partial charge in [-0.1, -0.05) is 129 Å². The zero-order chi connectivity index (χ0) is 38.0. The lowest BCUT2D eigenvalue weighted by Gasteiger charge is -2.41. The fourth-order valence-corrected chi connectivity index (χ4v) is 14.7. The quantitative estimate of drug-likeness (QED) is 0.164. The number of rotatable bonds is 5. The SMILES string of the molecule is C[Si]1(C)c2ccccc2N(c2ccc(-c3nc(-c4ccccc4)nc(-c4ccc(N5c6ccccc6[Si](C)(C)c6ccccc65)cc4)n3)cc2)c2ccccc21. The zero-order valence-electron chi connectivity index (χ0n) is 32.0. The van der Waals surface area contributed by atoms with Gasteiger partial charge in [0.05, 0.1) is 0 Å². The van der Waals surface area contributed by atoms with E-state index in [0.717, 1.165) is 28.1 Å². The molecule has 0 spiro atoms. The Morgan fingerprint density at radius 1 is 0.304 bits per heavy atom. The lowest BCUT2D eigenvalue weighted by atomic mass is 10.1. The Kier molecular flexibility index (Phi) is 7.99. The maximum absolute atomic E-state index is 5.13. The van der Waals surface area contributed by atoms with Crippen molar-refractivity contribution in [1.82, 2.24) is 15.0 Å². The molecule has 1 aromatic heterocycles. The van der Waals surface area contributed by atoms with E-state index in [1.165, 1.54) is 43.5 Å². The van der Waals surface area contributed by atoms with Crippen molar-refractivity contribution in [3.05, 3.63) is 176 Å². The minimum atomic E-state index is -1.87. The van der Waals surface area contributed by atoms with E-state index < -0.39 is 16.1 Å². The van der Waals surface area contributed by atoms with E-state index in [0.29, 0.717) is 17.5 Å². The van der Waals surface area contributed by atoms with Gasteiger partial charge in [0.25, 0.3) is 0 Å². The summed E-state index contributed by atoms with van der Waals surface area (Å²) in [5, 5.41) is 5.79. The Bertz CT molecular complexity index is 2500. The highest BCUT2D eigenvalue weighted by molar-refractivity contribution is 7.03. The van der Waals surface area contributed by atoms with Crippen molar-refractivity contribution in [3.8, 4) is 34.2 Å². The second-order valence-corrected chi connectivity index (χ2v) is 24.4. The Labute approximate surface area is 330 Å². The first-order valence-corrected chi connectivity index (χ1v) is 25.3. The fraction of sp³-hybridized carbons (Fsp3) is 0.0816. The van der Waals surface area contributed by atoms with Crippen molar-refractivity contribution in [3.63, 3.8) is 0 Å². The lowest BCUT2D eigenvalue weighted by molar-refractivity contribution is 1.07. The first-order chi connectivity index (χ1) is 27.3. The number of anilines is 6. The lowest BCUT2D eigenvalue weighted by Crippen LogP contribution is -2.58. The van der Waals surface area contributed by atoms with Crippen molar-refractivity contribution < 1.29 is 0 Å². The van der Waals surface area contributed by atoms with E-state index in [1.54, 1.807) is 0 Å². The Morgan fingerprint density at radius 2 is 0.571 bits per heavy atom. The van der Waals surface area contributed by atoms with Gasteiger partial charge in [-0.15, -0.1) is 0 Å². The van der Waals surface area contributed by atoms with Crippen molar-refractivity contribution in [1.29, 1.82) is 0 Å². The molecular formula is C49H41N5Si2. The molecule has 7 aromatic carbocycles. The van der Waals surface area contributed by atoms with Crippen LogP contribution < -0.4 is 30.5 Å². The van der Waals surface area contributed by atoms with Crippen molar-refractivity contribution >= 4 is 71.0 Å². The first-order valence-electron chi connectivity index (χ1n) is 19.3. The molecule has 270 valence electrons. The molecular weight excluding hydrogens is 715 g/mol. The summed E-state index contributed by atoms with van der Waals surface area (Å²) in [6, 6.07) is 63.1. The highest BCUT2D eigenvalue weighted by Gasteiger charge is 2.39. The number of hydrogen-bond acceptors (Lipinski definition) is 5. The summed E-state index contributed by atoms with van der Waals surface area (Å²) in [4.78, 5) is 20.0. The number of nitrogens with zero attached hydrogens (tertiary/aromatic N) is 5. The number of para-hydroxylation sites is 4. The molecule has 3 heterocycles. The molecule has 0 saturated heterocycles.